The second kappa shape index (κ2) is 3.53. The van der Waals surface area contributed by atoms with Gasteiger partial charge in [0.1, 0.15) is 10.3 Å². The van der Waals surface area contributed by atoms with Crippen molar-refractivity contribution in [1.82, 2.24) is 15.0 Å². The van der Waals surface area contributed by atoms with Crippen LogP contribution in [0.2, 0.25) is 0 Å². The molecule has 0 unspecified atom stereocenters. The molecule has 3 nitrogen and oxygen atoms in total. The molecule has 0 fully saturated rings. The van der Waals surface area contributed by atoms with Crippen molar-refractivity contribution in [2.45, 2.75) is 13.8 Å². The van der Waals surface area contributed by atoms with Gasteiger partial charge in [-0.25, -0.2) is 9.97 Å². The minimum absolute atomic E-state index is 0.821. The Morgan fingerprint density at radius 3 is 2.57 bits per heavy atom. The van der Waals surface area contributed by atoms with Crippen LogP contribution in [0.1, 0.15) is 11.4 Å². The highest BCUT2D eigenvalue weighted by Gasteiger charge is 2.05. The fraction of sp³-hybridized carbons (Fsp3) is 0.200. The van der Waals surface area contributed by atoms with Crippen LogP contribution in [0.25, 0.3) is 11.5 Å². The van der Waals surface area contributed by atoms with Crippen LogP contribution < -0.4 is 0 Å². The van der Waals surface area contributed by atoms with Crippen molar-refractivity contribution in [1.29, 1.82) is 0 Å². The maximum Gasteiger partial charge on any atom is 0.156 e. The number of hydrogen-bond acceptors (Lipinski definition) is 2. The van der Waals surface area contributed by atoms with Gasteiger partial charge in [0.05, 0.1) is 5.69 Å². The average molecular weight is 252 g/mol. The van der Waals surface area contributed by atoms with Gasteiger partial charge in [-0.15, -0.1) is 0 Å². The number of pyridine rings is 1. The zero-order valence-corrected chi connectivity index (χ0v) is 9.59. The van der Waals surface area contributed by atoms with Crippen LogP contribution in [-0.2, 0) is 0 Å². The maximum atomic E-state index is 4.38. The molecule has 2 aromatic heterocycles. The number of nitrogens with zero attached hydrogens (tertiary/aromatic N) is 2. The highest BCUT2D eigenvalue weighted by Crippen LogP contribution is 2.17. The van der Waals surface area contributed by atoms with E-state index in [4.69, 9.17) is 0 Å². The highest BCUT2D eigenvalue weighted by atomic mass is 79.9. The molecule has 0 aromatic carbocycles. The summed E-state index contributed by atoms with van der Waals surface area (Å²) >= 11 is 3.33. The Kier molecular flexibility index (Phi) is 2.37. The Balaban J connectivity index is 2.49. The van der Waals surface area contributed by atoms with Crippen LogP contribution >= 0.6 is 15.9 Å². The Bertz CT molecular complexity index is 443. The Morgan fingerprint density at radius 2 is 2.00 bits per heavy atom. The summed E-state index contributed by atoms with van der Waals surface area (Å²) in [6.45, 7) is 3.98. The largest absolute Gasteiger partial charge is 0.341 e. The lowest BCUT2D eigenvalue weighted by Crippen LogP contribution is -1.85. The minimum atomic E-state index is 0.821. The summed E-state index contributed by atoms with van der Waals surface area (Å²) in [6.07, 6.45) is 0. The molecule has 2 rings (SSSR count). The van der Waals surface area contributed by atoms with Crippen molar-refractivity contribution in [2.75, 3.05) is 0 Å². The monoisotopic (exact) mass is 251 g/mol. The molecule has 72 valence electrons. The molecule has 4 heteroatoms. The van der Waals surface area contributed by atoms with E-state index in [0.29, 0.717) is 0 Å². The van der Waals surface area contributed by atoms with Gasteiger partial charge in [0, 0.05) is 5.69 Å². The quantitative estimate of drug-likeness (QED) is 0.793. The Labute approximate surface area is 90.7 Å². The summed E-state index contributed by atoms with van der Waals surface area (Å²) in [5, 5.41) is 0. The molecular formula is C10H10BrN3. The number of rotatable bonds is 1. The smallest absolute Gasteiger partial charge is 0.156 e. The number of nitrogens with one attached hydrogen (secondary N) is 1. The van der Waals surface area contributed by atoms with Gasteiger partial charge in [0.15, 0.2) is 5.82 Å². The molecule has 0 atom stereocenters. The number of aryl methyl sites for hydroxylation is 2. The molecule has 0 spiro atoms. The van der Waals surface area contributed by atoms with E-state index in [0.717, 1.165) is 27.5 Å². The van der Waals surface area contributed by atoms with Gasteiger partial charge in [-0.05, 0) is 41.9 Å². The minimum Gasteiger partial charge on any atom is -0.341 e. The van der Waals surface area contributed by atoms with Crippen LogP contribution in [0.3, 0.4) is 0 Å². The number of aromatic amines is 1. The molecular weight excluding hydrogens is 242 g/mol. The standard InChI is InChI=1S/C10H10BrN3/c1-6-7(2)13-10(12-6)8-4-3-5-9(11)14-8/h3-5H,1-2H3,(H,12,13). The first-order valence-corrected chi connectivity index (χ1v) is 5.12. The van der Waals surface area contributed by atoms with Gasteiger partial charge in [0.2, 0.25) is 0 Å². The van der Waals surface area contributed by atoms with Crippen molar-refractivity contribution >= 4 is 15.9 Å². The van der Waals surface area contributed by atoms with Gasteiger partial charge in [-0.3, -0.25) is 0 Å². The number of aromatic nitrogens is 3. The molecule has 0 aliphatic heterocycles. The summed E-state index contributed by atoms with van der Waals surface area (Å²) in [5.41, 5.74) is 2.96. The molecule has 0 saturated carbocycles. The molecule has 0 radical (unpaired) electrons. The van der Waals surface area contributed by atoms with Crippen molar-refractivity contribution in [3.63, 3.8) is 0 Å². The van der Waals surface area contributed by atoms with Crippen molar-refractivity contribution in [3.05, 3.63) is 34.2 Å². The summed E-state index contributed by atoms with van der Waals surface area (Å²) in [5.74, 6) is 0.821. The van der Waals surface area contributed by atoms with Gasteiger partial charge in [-0.2, -0.15) is 0 Å². The number of halogens is 1. The second-order valence-electron chi connectivity index (χ2n) is 3.14. The number of H-pyrrole nitrogens is 1. The average Bonchev–Trinajstić information content (AvgIpc) is 2.47. The first kappa shape index (κ1) is 9.40. The fourth-order valence-corrected chi connectivity index (χ4v) is 1.55. The van der Waals surface area contributed by atoms with Crippen LogP contribution in [0.4, 0.5) is 0 Å². The normalized spacial score (nSPS) is 10.5. The van der Waals surface area contributed by atoms with Crippen LogP contribution in [-0.4, -0.2) is 15.0 Å². The van der Waals surface area contributed by atoms with Crippen LogP contribution in [0.5, 0.6) is 0 Å². The molecule has 0 bridgehead atoms. The number of hydrogen-bond donors (Lipinski definition) is 1. The van der Waals surface area contributed by atoms with Crippen LogP contribution in [0, 0.1) is 13.8 Å². The highest BCUT2D eigenvalue weighted by molar-refractivity contribution is 9.10. The van der Waals surface area contributed by atoms with Crippen molar-refractivity contribution in [3.8, 4) is 11.5 Å². The summed E-state index contributed by atoms with van der Waals surface area (Å²) < 4.78 is 0.821. The third kappa shape index (κ3) is 1.70. The summed E-state index contributed by atoms with van der Waals surface area (Å²) in [7, 11) is 0. The molecule has 2 aromatic rings. The van der Waals surface area contributed by atoms with E-state index in [1.807, 2.05) is 32.0 Å². The number of imidazole rings is 1. The summed E-state index contributed by atoms with van der Waals surface area (Å²) in [4.78, 5) is 11.9. The molecule has 0 aliphatic rings. The third-order valence-corrected chi connectivity index (χ3v) is 2.53. The molecule has 0 amide bonds. The van der Waals surface area contributed by atoms with E-state index in [9.17, 15) is 0 Å². The van der Waals surface area contributed by atoms with Crippen molar-refractivity contribution in [2.24, 2.45) is 0 Å². The Morgan fingerprint density at radius 1 is 1.21 bits per heavy atom. The lowest BCUT2D eigenvalue weighted by molar-refractivity contribution is 1.18. The SMILES string of the molecule is Cc1nc(-c2cccc(Br)n2)[nH]c1C. The second-order valence-corrected chi connectivity index (χ2v) is 3.95. The molecule has 1 N–H and O–H groups in total. The van der Waals surface area contributed by atoms with E-state index in [1.165, 1.54) is 0 Å². The lowest BCUT2D eigenvalue weighted by atomic mass is 10.3. The van der Waals surface area contributed by atoms with E-state index in [-0.39, 0.29) is 0 Å². The zero-order valence-electron chi connectivity index (χ0n) is 8.00. The molecule has 2 heterocycles. The molecule has 14 heavy (non-hydrogen) atoms. The van der Waals surface area contributed by atoms with Gasteiger partial charge in [-0.1, -0.05) is 6.07 Å². The first-order chi connectivity index (χ1) is 6.66. The topological polar surface area (TPSA) is 41.6 Å². The van der Waals surface area contributed by atoms with Gasteiger partial charge >= 0.3 is 0 Å². The molecule has 0 aliphatic carbocycles. The Hall–Kier alpha value is -1.16. The fourth-order valence-electron chi connectivity index (χ4n) is 1.21. The predicted molar refractivity (Wildman–Crippen MR) is 59.0 cm³/mol. The zero-order chi connectivity index (χ0) is 10.1. The van der Waals surface area contributed by atoms with Crippen LogP contribution in [0.15, 0.2) is 22.8 Å². The van der Waals surface area contributed by atoms with Crippen molar-refractivity contribution < 1.29 is 0 Å². The summed E-state index contributed by atoms with van der Waals surface area (Å²) in [6, 6.07) is 5.77. The van der Waals surface area contributed by atoms with Gasteiger partial charge < -0.3 is 4.98 Å². The van der Waals surface area contributed by atoms with E-state index >= 15 is 0 Å². The van der Waals surface area contributed by atoms with E-state index in [1.54, 1.807) is 0 Å². The predicted octanol–water partition coefficient (Wildman–Crippen LogP) is 2.85. The molecule has 0 saturated heterocycles. The van der Waals surface area contributed by atoms with E-state index < -0.39 is 0 Å². The van der Waals surface area contributed by atoms with Gasteiger partial charge in [0.25, 0.3) is 0 Å². The first-order valence-electron chi connectivity index (χ1n) is 4.33. The lowest BCUT2D eigenvalue weighted by Gasteiger charge is -1.95. The maximum absolute atomic E-state index is 4.38. The third-order valence-electron chi connectivity index (χ3n) is 2.09. The van der Waals surface area contributed by atoms with E-state index in [2.05, 4.69) is 30.9 Å².